The average Bonchev–Trinajstić information content (AvgIpc) is 3.60. The number of halogens is 1. The molecular formula is C31H48FN3O2. The Hall–Kier alpha value is -1.34. The molecule has 3 unspecified atom stereocenters. The van der Waals surface area contributed by atoms with Crippen LogP contribution >= 0.6 is 0 Å². The number of carbonyl (C=O) groups is 1. The largest absolute Gasteiger partial charge is 0.377 e. The van der Waals surface area contributed by atoms with E-state index in [9.17, 15) is 9.18 Å². The monoisotopic (exact) mass is 513 g/mol. The number of benzene rings is 1. The molecule has 1 N–H and O–H groups in total. The summed E-state index contributed by atoms with van der Waals surface area (Å²) in [5, 5.41) is 3.44. The van der Waals surface area contributed by atoms with Gasteiger partial charge in [-0.15, -0.1) is 0 Å². The molecule has 0 spiro atoms. The summed E-state index contributed by atoms with van der Waals surface area (Å²) in [7, 11) is 0. The molecule has 1 aliphatic carbocycles. The highest BCUT2D eigenvalue weighted by molar-refractivity contribution is 5.84. The lowest BCUT2D eigenvalue weighted by Crippen LogP contribution is -2.44. The third kappa shape index (κ3) is 7.84. The minimum absolute atomic E-state index is 0.0323. The van der Waals surface area contributed by atoms with Crippen LogP contribution < -0.4 is 5.32 Å². The Bertz CT molecular complexity index is 831. The van der Waals surface area contributed by atoms with E-state index in [1.807, 2.05) is 12.1 Å². The van der Waals surface area contributed by atoms with Crippen LogP contribution in [0.1, 0.15) is 82.6 Å². The lowest BCUT2D eigenvalue weighted by molar-refractivity contribution is -0.123. The van der Waals surface area contributed by atoms with Crippen LogP contribution in [0.3, 0.4) is 0 Å². The Morgan fingerprint density at radius 3 is 2.49 bits per heavy atom. The van der Waals surface area contributed by atoms with Gasteiger partial charge in [0.05, 0.1) is 12.1 Å². The molecule has 0 radical (unpaired) electrons. The van der Waals surface area contributed by atoms with Crippen molar-refractivity contribution >= 4 is 5.78 Å². The van der Waals surface area contributed by atoms with Crippen molar-refractivity contribution in [3.05, 3.63) is 35.6 Å². The number of ketones is 1. The Balaban J connectivity index is 1.28. The van der Waals surface area contributed by atoms with E-state index < -0.39 is 0 Å². The second-order valence-corrected chi connectivity index (χ2v) is 12.3. The molecule has 0 amide bonds. The first-order valence-electron chi connectivity index (χ1n) is 15.2. The van der Waals surface area contributed by atoms with Crippen molar-refractivity contribution in [3.63, 3.8) is 0 Å². The van der Waals surface area contributed by atoms with Crippen LogP contribution in [-0.2, 0) is 16.1 Å². The summed E-state index contributed by atoms with van der Waals surface area (Å²) in [5.74, 6) is 1.66. The van der Waals surface area contributed by atoms with Gasteiger partial charge in [-0.2, -0.15) is 0 Å². The fourth-order valence-corrected chi connectivity index (χ4v) is 7.29. The van der Waals surface area contributed by atoms with E-state index in [0.717, 1.165) is 76.6 Å². The standard InChI is InChI=1S/C31H48FN3O2/c32-27-11-8-26(9-12-27)21-35-22-28(19-30(35)31(36)13-10-24-14-16-33-17-15-24)34(23-29-7-4-18-37-29)20-25-5-2-1-3-6-25/h8-9,11-12,24-25,28-30,33H,1-7,10,13-23H2. The number of Topliss-reactive ketones (excluding diaryl/α,β-unsaturated/α-hetero) is 1. The number of nitrogens with zero attached hydrogens (tertiary/aromatic N) is 2. The summed E-state index contributed by atoms with van der Waals surface area (Å²) >= 11 is 0. The van der Waals surface area contributed by atoms with Gasteiger partial charge in [-0.25, -0.2) is 4.39 Å². The Kier molecular flexibility index (Phi) is 10.0. The first kappa shape index (κ1) is 27.2. The van der Waals surface area contributed by atoms with Crippen molar-refractivity contribution in [2.75, 3.05) is 39.3 Å². The molecule has 37 heavy (non-hydrogen) atoms. The first-order chi connectivity index (χ1) is 18.1. The third-order valence-electron chi connectivity index (χ3n) is 9.51. The minimum atomic E-state index is -0.201. The molecule has 3 saturated heterocycles. The predicted octanol–water partition coefficient (Wildman–Crippen LogP) is 5.18. The first-order valence-corrected chi connectivity index (χ1v) is 15.2. The van der Waals surface area contributed by atoms with Crippen molar-refractivity contribution in [3.8, 4) is 0 Å². The number of carbonyl (C=O) groups excluding carboxylic acids is 1. The summed E-state index contributed by atoms with van der Waals surface area (Å²) < 4.78 is 19.7. The zero-order valence-corrected chi connectivity index (χ0v) is 22.7. The molecule has 5 rings (SSSR count). The zero-order chi connectivity index (χ0) is 25.5. The van der Waals surface area contributed by atoms with Crippen molar-refractivity contribution in [1.82, 2.24) is 15.1 Å². The van der Waals surface area contributed by atoms with Gasteiger partial charge in [0.1, 0.15) is 11.6 Å². The van der Waals surface area contributed by atoms with Crippen LogP contribution in [0.4, 0.5) is 4.39 Å². The number of nitrogens with one attached hydrogen (secondary N) is 1. The van der Waals surface area contributed by atoms with Crippen molar-refractivity contribution in [2.45, 2.75) is 102 Å². The van der Waals surface area contributed by atoms with Gasteiger partial charge >= 0.3 is 0 Å². The van der Waals surface area contributed by atoms with Crippen LogP contribution in [0.15, 0.2) is 24.3 Å². The molecule has 5 nitrogen and oxygen atoms in total. The van der Waals surface area contributed by atoms with E-state index in [0.29, 0.717) is 30.3 Å². The van der Waals surface area contributed by atoms with Gasteiger partial charge in [-0.3, -0.25) is 14.6 Å². The van der Waals surface area contributed by atoms with Gasteiger partial charge in [0.2, 0.25) is 0 Å². The molecule has 0 bridgehead atoms. The maximum atomic E-state index is 13.7. The number of likely N-dealkylation sites (tertiary alicyclic amines) is 1. The lowest BCUT2D eigenvalue weighted by atomic mass is 9.88. The molecule has 1 saturated carbocycles. The molecule has 3 heterocycles. The second-order valence-electron chi connectivity index (χ2n) is 12.3. The van der Waals surface area contributed by atoms with Gasteiger partial charge in [-0.1, -0.05) is 31.4 Å². The van der Waals surface area contributed by atoms with E-state index >= 15 is 0 Å². The quantitative estimate of drug-likeness (QED) is 0.442. The highest BCUT2D eigenvalue weighted by Gasteiger charge is 2.40. The van der Waals surface area contributed by atoms with Crippen molar-refractivity contribution in [2.24, 2.45) is 11.8 Å². The van der Waals surface area contributed by atoms with Crippen LogP contribution in [0.25, 0.3) is 0 Å². The van der Waals surface area contributed by atoms with Crippen LogP contribution in [-0.4, -0.2) is 73.1 Å². The van der Waals surface area contributed by atoms with Gasteiger partial charge in [0.15, 0.2) is 0 Å². The van der Waals surface area contributed by atoms with E-state index in [2.05, 4.69) is 15.1 Å². The normalized spacial score (nSPS) is 28.3. The molecule has 1 aromatic carbocycles. The third-order valence-corrected chi connectivity index (χ3v) is 9.51. The summed E-state index contributed by atoms with van der Waals surface area (Å²) in [4.78, 5) is 18.8. The number of rotatable bonds is 11. The molecule has 1 aromatic rings. The van der Waals surface area contributed by atoms with E-state index in [4.69, 9.17) is 4.74 Å². The van der Waals surface area contributed by atoms with Crippen LogP contribution in [0.5, 0.6) is 0 Å². The molecule has 4 fully saturated rings. The van der Waals surface area contributed by atoms with E-state index in [1.165, 1.54) is 51.4 Å². The molecular weight excluding hydrogens is 465 g/mol. The second kappa shape index (κ2) is 13.6. The molecule has 6 heteroatoms. The average molecular weight is 514 g/mol. The summed E-state index contributed by atoms with van der Waals surface area (Å²) in [6, 6.07) is 7.21. The van der Waals surface area contributed by atoms with Gasteiger partial charge in [0, 0.05) is 45.2 Å². The molecule has 4 aliphatic rings. The number of ether oxygens (including phenoxy) is 1. The predicted molar refractivity (Wildman–Crippen MR) is 146 cm³/mol. The fourth-order valence-electron chi connectivity index (χ4n) is 7.29. The van der Waals surface area contributed by atoms with Gasteiger partial charge in [0.25, 0.3) is 0 Å². The zero-order valence-electron chi connectivity index (χ0n) is 22.7. The van der Waals surface area contributed by atoms with Gasteiger partial charge in [-0.05, 0) is 94.0 Å². The number of hydrogen-bond donors (Lipinski definition) is 1. The Labute approximate surface area is 223 Å². The number of piperidine rings is 1. The van der Waals surface area contributed by atoms with Crippen molar-refractivity contribution < 1.29 is 13.9 Å². The summed E-state index contributed by atoms with van der Waals surface area (Å²) in [6.45, 7) is 6.84. The topological polar surface area (TPSA) is 44.8 Å². The molecule has 3 atom stereocenters. The molecule has 3 aliphatic heterocycles. The van der Waals surface area contributed by atoms with Crippen LogP contribution in [0.2, 0.25) is 0 Å². The number of hydrogen-bond acceptors (Lipinski definition) is 5. The summed E-state index contributed by atoms with van der Waals surface area (Å²) in [6.07, 6.45) is 14.5. The van der Waals surface area contributed by atoms with E-state index in [-0.39, 0.29) is 11.9 Å². The van der Waals surface area contributed by atoms with Crippen molar-refractivity contribution in [1.29, 1.82) is 0 Å². The summed E-state index contributed by atoms with van der Waals surface area (Å²) in [5.41, 5.74) is 1.09. The Morgan fingerprint density at radius 1 is 0.973 bits per heavy atom. The smallest absolute Gasteiger partial charge is 0.150 e. The highest BCUT2D eigenvalue weighted by Crippen LogP contribution is 2.31. The Morgan fingerprint density at radius 2 is 1.76 bits per heavy atom. The minimum Gasteiger partial charge on any atom is -0.377 e. The highest BCUT2D eigenvalue weighted by atomic mass is 19.1. The lowest BCUT2D eigenvalue weighted by Gasteiger charge is -2.35. The molecule has 0 aromatic heterocycles. The van der Waals surface area contributed by atoms with Gasteiger partial charge < -0.3 is 10.1 Å². The maximum absolute atomic E-state index is 13.7. The fraction of sp³-hybridized carbons (Fsp3) is 0.774. The maximum Gasteiger partial charge on any atom is 0.150 e. The van der Waals surface area contributed by atoms with Crippen LogP contribution in [0, 0.1) is 17.7 Å². The molecule has 206 valence electrons. The SMILES string of the molecule is O=C(CCC1CCNCC1)C1CC(N(CC2CCCCC2)CC2CCCO2)CN1Cc1ccc(F)cc1. The van der Waals surface area contributed by atoms with E-state index in [1.54, 1.807) is 12.1 Å².